The second-order valence-electron chi connectivity index (χ2n) is 6.73. The molecule has 0 saturated heterocycles. The highest BCUT2D eigenvalue weighted by Crippen LogP contribution is 2.24. The third-order valence-electron chi connectivity index (χ3n) is 4.43. The van der Waals surface area contributed by atoms with Crippen molar-refractivity contribution < 1.29 is 13.2 Å². The lowest BCUT2D eigenvalue weighted by atomic mass is 10.1. The summed E-state index contributed by atoms with van der Waals surface area (Å²) in [5.41, 5.74) is 3.08. The van der Waals surface area contributed by atoms with Crippen molar-refractivity contribution in [3.63, 3.8) is 0 Å². The molecule has 0 atom stereocenters. The third-order valence-corrected chi connectivity index (χ3v) is 6.20. The van der Waals surface area contributed by atoms with Crippen molar-refractivity contribution in [3.8, 4) is 0 Å². The Labute approximate surface area is 181 Å². The summed E-state index contributed by atoms with van der Waals surface area (Å²) in [6.45, 7) is 3.72. The number of carbonyl (C=O) groups excluding carboxylic acids is 1. The molecule has 156 valence electrons. The van der Waals surface area contributed by atoms with E-state index < -0.39 is 16.1 Å². The van der Waals surface area contributed by atoms with Gasteiger partial charge in [0.05, 0.1) is 4.90 Å². The van der Waals surface area contributed by atoms with Crippen LogP contribution in [0.4, 0.5) is 21.9 Å². The molecule has 6 nitrogen and oxygen atoms in total. The van der Waals surface area contributed by atoms with E-state index in [0.29, 0.717) is 27.6 Å². The molecular weight excluding hydrogens is 422 g/mol. The molecule has 2 amide bonds. The average molecular weight is 444 g/mol. The van der Waals surface area contributed by atoms with Gasteiger partial charge in [-0.3, -0.25) is 4.72 Å². The van der Waals surface area contributed by atoms with Gasteiger partial charge in [-0.05, 0) is 73.0 Å². The zero-order valence-corrected chi connectivity index (χ0v) is 18.1. The molecule has 3 rings (SSSR count). The third kappa shape index (κ3) is 5.52. The number of carbonyl (C=O) groups is 1. The van der Waals surface area contributed by atoms with Gasteiger partial charge < -0.3 is 10.6 Å². The number of halogens is 1. The number of nitrogens with one attached hydrogen (secondary N) is 3. The fraction of sp³-hybridized carbons (Fsp3) is 0.136. The zero-order chi connectivity index (χ0) is 21.7. The second kappa shape index (κ2) is 9.19. The Hall–Kier alpha value is -3.03. The maximum Gasteiger partial charge on any atom is 0.323 e. The van der Waals surface area contributed by atoms with E-state index in [0.717, 1.165) is 12.0 Å². The molecule has 3 aromatic carbocycles. The van der Waals surface area contributed by atoms with Gasteiger partial charge in [0.15, 0.2) is 0 Å². The molecule has 0 aliphatic carbocycles. The van der Waals surface area contributed by atoms with Gasteiger partial charge in [-0.25, -0.2) is 13.2 Å². The predicted octanol–water partition coefficient (Wildman–Crippen LogP) is 5.66. The van der Waals surface area contributed by atoms with Crippen LogP contribution in [0.3, 0.4) is 0 Å². The van der Waals surface area contributed by atoms with Gasteiger partial charge in [-0.1, -0.05) is 36.7 Å². The van der Waals surface area contributed by atoms with Crippen molar-refractivity contribution in [2.75, 3.05) is 15.4 Å². The number of aryl methyl sites for hydroxylation is 2. The van der Waals surface area contributed by atoms with E-state index in [-0.39, 0.29) is 4.90 Å². The smallest absolute Gasteiger partial charge is 0.308 e. The Kier molecular flexibility index (Phi) is 6.64. The topological polar surface area (TPSA) is 87.3 Å². The molecule has 3 aromatic rings. The maximum atomic E-state index is 12.8. The van der Waals surface area contributed by atoms with Crippen molar-refractivity contribution >= 4 is 44.7 Å². The number of rotatable bonds is 6. The van der Waals surface area contributed by atoms with E-state index in [1.54, 1.807) is 49.4 Å². The van der Waals surface area contributed by atoms with Crippen molar-refractivity contribution in [1.29, 1.82) is 0 Å². The Morgan fingerprint density at radius 3 is 2.20 bits per heavy atom. The van der Waals surface area contributed by atoms with Gasteiger partial charge in [-0.15, -0.1) is 0 Å². The van der Waals surface area contributed by atoms with Crippen LogP contribution in [0.5, 0.6) is 0 Å². The molecule has 0 aromatic heterocycles. The summed E-state index contributed by atoms with van der Waals surface area (Å²) < 4.78 is 28.2. The molecule has 0 unspecified atom stereocenters. The SMILES string of the molecule is CCc1cccc(NC(=O)Nc2ccc(C)c(S(=O)(=O)Nc3ccc(Cl)cc3)c2)c1. The summed E-state index contributed by atoms with van der Waals surface area (Å²) in [5, 5.41) is 5.94. The van der Waals surface area contributed by atoms with Crippen LogP contribution in [0.25, 0.3) is 0 Å². The highest BCUT2D eigenvalue weighted by molar-refractivity contribution is 7.92. The molecule has 0 saturated carbocycles. The van der Waals surface area contributed by atoms with Crippen LogP contribution < -0.4 is 15.4 Å². The highest BCUT2D eigenvalue weighted by Gasteiger charge is 2.18. The first-order chi connectivity index (χ1) is 14.3. The minimum absolute atomic E-state index is 0.0724. The summed E-state index contributed by atoms with van der Waals surface area (Å²) in [6, 6.07) is 18.1. The second-order valence-corrected chi connectivity index (χ2v) is 8.81. The highest BCUT2D eigenvalue weighted by atomic mass is 35.5. The van der Waals surface area contributed by atoms with E-state index in [2.05, 4.69) is 15.4 Å². The van der Waals surface area contributed by atoms with Crippen LogP contribution in [0, 0.1) is 6.92 Å². The first kappa shape index (κ1) is 21.7. The Morgan fingerprint density at radius 1 is 0.900 bits per heavy atom. The number of hydrogen-bond donors (Lipinski definition) is 3. The molecule has 30 heavy (non-hydrogen) atoms. The van der Waals surface area contributed by atoms with Crippen molar-refractivity contribution in [3.05, 3.63) is 82.9 Å². The van der Waals surface area contributed by atoms with Crippen molar-refractivity contribution in [2.24, 2.45) is 0 Å². The predicted molar refractivity (Wildman–Crippen MR) is 122 cm³/mol. The molecule has 0 aliphatic heterocycles. The number of sulfonamides is 1. The fourth-order valence-corrected chi connectivity index (χ4v) is 4.31. The Balaban J connectivity index is 1.76. The Morgan fingerprint density at radius 2 is 1.53 bits per heavy atom. The molecule has 0 spiro atoms. The van der Waals surface area contributed by atoms with Gasteiger partial charge in [0.25, 0.3) is 10.0 Å². The fourth-order valence-electron chi connectivity index (χ4n) is 2.86. The van der Waals surface area contributed by atoms with E-state index in [9.17, 15) is 13.2 Å². The van der Waals surface area contributed by atoms with Gasteiger partial charge in [0.1, 0.15) is 0 Å². The van der Waals surface area contributed by atoms with Crippen molar-refractivity contribution in [1.82, 2.24) is 0 Å². The van der Waals surface area contributed by atoms with Crippen LogP contribution in [0.2, 0.25) is 5.02 Å². The van der Waals surface area contributed by atoms with Crippen molar-refractivity contribution in [2.45, 2.75) is 25.2 Å². The van der Waals surface area contributed by atoms with E-state index in [4.69, 9.17) is 11.6 Å². The van der Waals surface area contributed by atoms with E-state index in [1.165, 1.54) is 6.07 Å². The maximum absolute atomic E-state index is 12.8. The summed E-state index contributed by atoms with van der Waals surface area (Å²) >= 11 is 5.85. The summed E-state index contributed by atoms with van der Waals surface area (Å²) in [4.78, 5) is 12.4. The first-order valence-corrected chi connectivity index (χ1v) is 11.2. The van der Waals surface area contributed by atoms with Gasteiger partial charge in [0, 0.05) is 22.1 Å². The first-order valence-electron chi connectivity index (χ1n) is 9.33. The summed E-state index contributed by atoms with van der Waals surface area (Å²) in [7, 11) is -3.85. The normalized spacial score (nSPS) is 11.0. The minimum Gasteiger partial charge on any atom is -0.308 e. The van der Waals surface area contributed by atoms with Crippen LogP contribution >= 0.6 is 11.6 Å². The van der Waals surface area contributed by atoms with Crippen LogP contribution in [0.15, 0.2) is 71.6 Å². The zero-order valence-electron chi connectivity index (χ0n) is 16.6. The van der Waals surface area contributed by atoms with Crippen LogP contribution in [0.1, 0.15) is 18.1 Å². The quantitative estimate of drug-likeness (QED) is 0.459. The number of urea groups is 1. The molecule has 0 radical (unpaired) electrons. The summed E-state index contributed by atoms with van der Waals surface area (Å²) in [5.74, 6) is 0. The van der Waals surface area contributed by atoms with Gasteiger partial charge in [0.2, 0.25) is 0 Å². The lowest BCUT2D eigenvalue weighted by Crippen LogP contribution is -2.20. The molecular formula is C22H22ClN3O3S. The summed E-state index contributed by atoms with van der Waals surface area (Å²) in [6.07, 6.45) is 0.858. The number of hydrogen-bond acceptors (Lipinski definition) is 3. The monoisotopic (exact) mass is 443 g/mol. The number of amides is 2. The minimum atomic E-state index is -3.85. The van der Waals surface area contributed by atoms with Crippen LogP contribution in [-0.2, 0) is 16.4 Å². The molecule has 0 fully saturated rings. The average Bonchev–Trinajstić information content (AvgIpc) is 2.71. The standard InChI is InChI=1S/C22H22ClN3O3S/c1-3-16-5-4-6-19(13-16)24-22(27)25-20-10-7-15(2)21(14-20)30(28,29)26-18-11-8-17(23)9-12-18/h4-14,26H,3H2,1-2H3,(H2,24,25,27). The molecule has 8 heteroatoms. The van der Waals surface area contributed by atoms with Gasteiger partial charge in [-0.2, -0.15) is 0 Å². The molecule has 3 N–H and O–H groups in total. The lowest BCUT2D eigenvalue weighted by molar-refractivity contribution is 0.262. The molecule has 0 heterocycles. The van der Waals surface area contributed by atoms with Gasteiger partial charge >= 0.3 is 6.03 Å². The largest absolute Gasteiger partial charge is 0.323 e. The lowest BCUT2D eigenvalue weighted by Gasteiger charge is -2.13. The number of anilines is 3. The number of benzene rings is 3. The van der Waals surface area contributed by atoms with E-state index >= 15 is 0 Å². The molecule has 0 bridgehead atoms. The molecule has 0 aliphatic rings. The Bertz CT molecular complexity index is 1160. The van der Waals surface area contributed by atoms with Crippen LogP contribution in [-0.4, -0.2) is 14.4 Å². The van der Waals surface area contributed by atoms with E-state index in [1.807, 2.05) is 25.1 Å².